The van der Waals surface area contributed by atoms with Crippen molar-refractivity contribution in [2.24, 2.45) is 0 Å². The molecule has 1 aromatic heterocycles. The van der Waals surface area contributed by atoms with Crippen molar-refractivity contribution in [1.29, 1.82) is 0 Å². The van der Waals surface area contributed by atoms with Crippen LogP contribution < -0.4 is 0 Å². The topological polar surface area (TPSA) is 13.1 Å². The normalized spacial score (nSPS) is 11.9. The van der Waals surface area contributed by atoms with Gasteiger partial charge in [0, 0.05) is 10.8 Å². The molecular formula is C40H24O. The lowest BCUT2D eigenvalue weighted by Gasteiger charge is -2.10. The zero-order valence-electron chi connectivity index (χ0n) is 22.3. The number of furan rings is 1. The van der Waals surface area contributed by atoms with Crippen molar-refractivity contribution in [1.82, 2.24) is 0 Å². The van der Waals surface area contributed by atoms with Crippen molar-refractivity contribution >= 4 is 32.7 Å². The highest BCUT2D eigenvalue weighted by Gasteiger charge is 2.21. The van der Waals surface area contributed by atoms with Crippen molar-refractivity contribution in [3.8, 4) is 55.6 Å². The van der Waals surface area contributed by atoms with E-state index in [-0.39, 0.29) is 0 Å². The summed E-state index contributed by atoms with van der Waals surface area (Å²) in [5.74, 6) is 0. The van der Waals surface area contributed by atoms with Gasteiger partial charge < -0.3 is 4.42 Å². The first kappa shape index (κ1) is 22.4. The molecule has 0 bridgehead atoms. The van der Waals surface area contributed by atoms with Crippen LogP contribution in [-0.2, 0) is 0 Å². The maximum atomic E-state index is 6.04. The fraction of sp³-hybridized carbons (Fsp3) is 0. The summed E-state index contributed by atoms with van der Waals surface area (Å²) in [6.45, 7) is 0. The summed E-state index contributed by atoms with van der Waals surface area (Å²) >= 11 is 0. The quantitative estimate of drug-likeness (QED) is 0.226. The molecule has 190 valence electrons. The number of rotatable bonds is 3. The Kier molecular flexibility index (Phi) is 4.67. The van der Waals surface area contributed by atoms with E-state index in [1.807, 2.05) is 12.1 Å². The van der Waals surface area contributed by atoms with E-state index in [9.17, 15) is 0 Å². The van der Waals surface area contributed by atoms with Crippen LogP contribution in [0.5, 0.6) is 0 Å². The van der Waals surface area contributed by atoms with E-state index in [2.05, 4.69) is 133 Å². The van der Waals surface area contributed by atoms with Gasteiger partial charge in [0.15, 0.2) is 0 Å². The molecule has 1 heterocycles. The van der Waals surface area contributed by atoms with Crippen molar-refractivity contribution in [3.05, 3.63) is 146 Å². The summed E-state index contributed by atoms with van der Waals surface area (Å²) in [6.07, 6.45) is 0. The molecule has 41 heavy (non-hydrogen) atoms. The summed E-state index contributed by atoms with van der Waals surface area (Å²) in [6, 6.07) is 52.7. The Labute approximate surface area is 237 Å². The van der Waals surface area contributed by atoms with Crippen molar-refractivity contribution in [2.75, 3.05) is 0 Å². The Morgan fingerprint density at radius 1 is 0.317 bits per heavy atom. The molecule has 0 unspecified atom stereocenters. The number of para-hydroxylation sites is 1. The molecular weight excluding hydrogens is 496 g/mol. The lowest BCUT2D eigenvalue weighted by atomic mass is 9.94. The van der Waals surface area contributed by atoms with Crippen molar-refractivity contribution in [2.45, 2.75) is 0 Å². The van der Waals surface area contributed by atoms with Gasteiger partial charge in [-0.15, -0.1) is 0 Å². The van der Waals surface area contributed by atoms with E-state index in [0.717, 1.165) is 21.9 Å². The van der Waals surface area contributed by atoms with Crippen LogP contribution in [-0.4, -0.2) is 0 Å². The van der Waals surface area contributed by atoms with Gasteiger partial charge in [-0.2, -0.15) is 0 Å². The number of hydrogen-bond donors (Lipinski definition) is 0. The second kappa shape index (κ2) is 8.55. The first-order valence-corrected chi connectivity index (χ1v) is 14.1. The van der Waals surface area contributed by atoms with Gasteiger partial charge in [-0.25, -0.2) is 0 Å². The fourth-order valence-electron chi connectivity index (χ4n) is 6.62. The molecule has 1 aliphatic carbocycles. The molecule has 0 radical (unpaired) electrons. The molecule has 1 heteroatoms. The monoisotopic (exact) mass is 520 g/mol. The maximum Gasteiger partial charge on any atom is 0.135 e. The summed E-state index contributed by atoms with van der Waals surface area (Å²) in [5, 5.41) is 4.97. The molecule has 0 fully saturated rings. The summed E-state index contributed by atoms with van der Waals surface area (Å²) in [4.78, 5) is 0. The Hall–Kier alpha value is -5.40. The predicted molar refractivity (Wildman–Crippen MR) is 172 cm³/mol. The molecule has 0 spiro atoms. The second-order valence-electron chi connectivity index (χ2n) is 10.9. The Balaban J connectivity index is 1.09. The predicted octanol–water partition coefficient (Wildman–Crippen LogP) is 11.4. The zero-order valence-corrected chi connectivity index (χ0v) is 22.3. The number of benzene rings is 7. The van der Waals surface area contributed by atoms with Crippen molar-refractivity contribution < 1.29 is 4.42 Å². The number of fused-ring (bicyclic) bond motifs is 6. The molecule has 0 N–H and O–H groups in total. The largest absolute Gasteiger partial charge is 0.456 e. The van der Waals surface area contributed by atoms with E-state index in [1.54, 1.807) is 0 Å². The van der Waals surface area contributed by atoms with E-state index >= 15 is 0 Å². The third-order valence-electron chi connectivity index (χ3n) is 8.61. The lowest BCUT2D eigenvalue weighted by Crippen LogP contribution is -1.84. The van der Waals surface area contributed by atoms with Gasteiger partial charge in [-0.3, -0.25) is 0 Å². The molecule has 0 amide bonds. The Morgan fingerprint density at radius 2 is 0.927 bits per heavy atom. The standard InChI is InChI=1S/C40H24O/c1-2-11-33-32(10-1)35-13-6-9-30-22-31(24-37(33)40(30)35)26-17-15-25(16-18-26)27-7-5-8-28(21-27)29-19-20-39-36(23-29)34-12-3-4-14-38(34)41-39/h1-24H. The zero-order chi connectivity index (χ0) is 26.9. The van der Waals surface area contributed by atoms with Crippen LogP contribution in [0.25, 0.3) is 88.3 Å². The van der Waals surface area contributed by atoms with E-state index in [0.29, 0.717) is 0 Å². The van der Waals surface area contributed by atoms with Crippen LogP contribution in [0.4, 0.5) is 0 Å². The van der Waals surface area contributed by atoms with Crippen LogP contribution in [0.3, 0.4) is 0 Å². The third-order valence-corrected chi connectivity index (χ3v) is 8.61. The molecule has 0 saturated carbocycles. The van der Waals surface area contributed by atoms with E-state index in [4.69, 9.17) is 4.42 Å². The summed E-state index contributed by atoms with van der Waals surface area (Å²) in [7, 11) is 0. The van der Waals surface area contributed by atoms with Crippen LogP contribution >= 0.6 is 0 Å². The molecule has 1 aliphatic rings. The average Bonchev–Trinajstić information content (AvgIpc) is 3.58. The highest BCUT2D eigenvalue weighted by Crippen LogP contribution is 2.48. The third kappa shape index (κ3) is 3.43. The number of hydrogen-bond acceptors (Lipinski definition) is 1. The van der Waals surface area contributed by atoms with Gasteiger partial charge >= 0.3 is 0 Å². The minimum atomic E-state index is 0.925. The summed E-state index contributed by atoms with van der Waals surface area (Å²) in [5.41, 5.74) is 14.5. The van der Waals surface area contributed by atoms with Crippen molar-refractivity contribution in [3.63, 3.8) is 0 Å². The van der Waals surface area contributed by atoms with Gasteiger partial charge in [-0.05, 0) is 103 Å². The Morgan fingerprint density at radius 3 is 1.78 bits per heavy atom. The molecule has 8 aromatic rings. The molecule has 0 aliphatic heterocycles. The van der Waals surface area contributed by atoms with E-state index < -0.39 is 0 Å². The highest BCUT2D eigenvalue weighted by molar-refractivity contribution is 6.16. The first-order valence-electron chi connectivity index (χ1n) is 14.1. The Bertz CT molecular complexity index is 2300. The first-order chi connectivity index (χ1) is 20.3. The van der Waals surface area contributed by atoms with Gasteiger partial charge in [0.05, 0.1) is 0 Å². The van der Waals surface area contributed by atoms with Gasteiger partial charge in [0.25, 0.3) is 0 Å². The fourth-order valence-corrected chi connectivity index (χ4v) is 6.62. The highest BCUT2D eigenvalue weighted by atomic mass is 16.3. The lowest BCUT2D eigenvalue weighted by molar-refractivity contribution is 0.669. The van der Waals surface area contributed by atoms with Gasteiger partial charge in [0.2, 0.25) is 0 Å². The van der Waals surface area contributed by atoms with Crippen LogP contribution in [0, 0.1) is 0 Å². The second-order valence-corrected chi connectivity index (χ2v) is 10.9. The molecule has 7 aromatic carbocycles. The maximum absolute atomic E-state index is 6.04. The minimum Gasteiger partial charge on any atom is -0.456 e. The average molecular weight is 521 g/mol. The molecule has 9 rings (SSSR count). The molecule has 0 atom stereocenters. The van der Waals surface area contributed by atoms with Crippen LogP contribution in [0.1, 0.15) is 0 Å². The van der Waals surface area contributed by atoms with Crippen LogP contribution in [0.2, 0.25) is 0 Å². The SMILES string of the molecule is c1cc(-c2ccc(-c3cc4c5c(cccc5c3)-c3ccccc3-4)cc2)cc(-c2ccc3oc4ccccc4c3c2)c1. The minimum absolute atomic E-state index is 0.925. The van der Waals surface area contributed by atoms with Crippen LogP contribution in [0.15, 0.2) is 150 Å². The van der Waals surface area contributed by atoms with Gasteiger partial charge in [-0.1, -0.05) is 109 Å². The molecule has 0 saturated heterocycles. The van der Waals surface area contributed by atoms with Gasteiger partial charge in [0.1, 0.15) is 11.2 Å². The summed E-state index contributed by atoms with van der Waals surface area (Å²) < 4.78 is 6.04. The smallest absolute Gasteiger partial charge is 0.135 e. The molecule has 1 nitrogen and oxygen atoms in total. The van der Waals surface area contributed by atoms with E-state index in [1.165, 1.54) is 66.4 Å².